The summed E-state index contributed by atoms with van der Waals surface area (Å²) in [5, 5.41) is 15.9. The van der Waals surface area contributed by atoms with Crippen LogP contribution in [0.2, 0.25) is 0 Å². The molecule has 0 aromatic heterocycles. The van der Waals surface area contributed by atoms with Crippen LogP contribution in [0.3, 0.4) is 0 Å². The topological polar surface area (TPSA) is 73.7 Å². The van der Waals surface area contributed by atoms with Crippen LogP contribution >= 0.6 is 0 Å². The molecule has 1 heterocycles. The van der Waals surface area contributed by atoms with E-state index in [1.165, 1.54) is 12.1 Å². The first-order valence-corrected chi connectivity index (χ1v) is 10.9. The van der Waals surface area contributed by atoms with Crippen LogP contribution < -0.4 is 10.7 Å². The van der Waals surface area contributed by atoms with Crippen molar-refractivity contribution in [1.82, 2.24) is 10.7 Å². The third-order valence-electron chi connectivity index (χ3n) is 4.98. The lowest BCUT2D eigenvalue weighted by Gasteiger charge is -2.38. The van der Waals surface area contributed by atoms with Crippen molar-refractivity contribution in [3.05, 3.63) is 96.6 Å². The molecule has 0 spiro atoms. The van der Waals surface area contributed by atoms with Crippen LogP contribution in [0.1, 0.15) is 48.0 Å². The van der Waals surface area contributed by atoms with Gasteiger partial charge in [-0.1, -0.05) is 75.6 Å². The summed E-state index contributed by atoms with van der Waals surface area (Å²) >= 11 is 0. The number of amides is 1. The monoisotopic (exact) mass is 457 g/mol. The van der Waals surface area contributed by atoms with Crippen LogP contribution in [0, 0.1) is 11.2 Å². The number of aliphatic hydroxyl groups is 1. The number of nitrogens with one attached hydrogen (secondary N) is 2. The summed E-state index contributed by atoms with van der Waals surface area (Å²) in [6.45, 7) is 16.5. The molecule has 1 amide bonds. The van der Waals surface area contributed by atoms with E-state index in [1.54, 1.807) is 50.4 Å². The fourth-order valence-corrected chi connectivity index (χ4v) is 2.88. The highest BCUT2D eigenvalue weighted by molar-refractivity contribution is 6.04. The van der Waals surface area contributed by atoms with Gasteiger partial charge in [0, 0.05) is 14.9 Å². The molecule has 1 aromatic rings. The highest BCUT2D eigenvalue weighted by Gasteiger charge is 2.43. The zero-order chi connectivity index (χ0) is 25.4. The summed E-state index contributed by atoms with van der Waals surface area (Å²) in [4.78, 5) is 12.4. The van der Waals surface area contributed by atoms with E-state index in [-0.39, 0.29) is 19.2 Å². The number of allylic oxidation sites excluding steroid dienone is 7. The molecular weight excluding hydrogens is 417 g/mol. The standard InChI is InChI=1S/C17H20FN3O.C8H12O.C2H6.H2/c1-4-5-6-15-17(2,16(22)19-3)11-14(20-21-15)12-7-9-13(18)10-8-12;1-4-5-6-7(2)8(3)9;1-2;/h4-10,15,21H,1,11H2,2-3H3,(H,19,22);4-6,9H,1H2,2-3H3;1-2H3;1H/b6-5-;6-5-,8-7+;;. The maximum Gasteiger partial charge on any atom is 0.228 e. The number of halogens is 1. The number of hydrogen-bond donors (Lipinski definition) is 3. The number of hydrazone groups is 1. The predicted octanol–water partition coefficient (Wildman–Crippen LogP) is 6.24. The van der Waals surface area contributed by atoms with Gasteiger partial charge in [-0.05, 0) is 44.0 Å². The Morgan fingerprint density at radius 1 is 1.24 bits per heavy atom. The third kappa shape index (κ3) is 9.31. The molecule has 2 rings (SSSR count). The van der Waals surface area contributed by atoms with E-state index in [1.807, 2.05) is 39.8 Å². The van der Waals surface area contributed by atoms with Gasteiger partial charge in [0.2, 0.25) is 5.91 Å². The third-order valence-corrected chi connectivity index (χ3v) is 4.98. The maximum absolute atomic E-state index is 13.1. The number of rotatable bonds is 6. The fourth-order valence-electron chi connectivity index (χ4n) is 2.88. The Balaban J connectivity index is 0. The molecule has 0 radical (unpaired) electrons. The van der Waals surface area contributed by atoms with Gasteiger partial charge in [-0.3, -0.25) is 4.79 Å². The summed E-state index contributed by atoms with van der Waals surface area (Å²) in [5.74, 6) is -0.0182. The van der Waals surface area contributed by atoms with Crippen LogP contribution in [0.5, 0.6) is 0 Å². The molecule has 0 saturated carbocycles. The lowest BCUT2D eigenvalue weighted by atomic mass is 9.74. The molecule has 1 aliphatic rings. The molecule has 0 bridgehead atoms. The Kier molecular flexibility index (Phi) is 13.8. The average Bonchev–Trinajstić information content (AvgIpc) is 2.83. The number of benzene rings is 1. The molecule has 182 valence electrons. The Hall–Kier alpha value is -3.41. The molecular formula is C27H40FN3O2. The van der Waals surface area contributed by atoms with Crippen LogP contribution in [-0.4, -0.2) is 29.8 Å². The summed E-state index contributed by atoms with van der Waals surface area (Å²) in [6.07, 6.45) is 11.0. The Bertz CT molecular complexity index is 901. The van der Waals surface area contributed by atoms with Crippen LogP contribution in [0.25, 0.3) is 0 Å². The van der Waals surface area contributed by atoms with E-state index in [4.69, 9.17) is 5.11 Å². The molecule has 1 aliphatic heterocycles. The molecule has 2 atom stereocenters. The van der Waals surface area contributed by atoms with Crippen LogP contribution in [0.15, 0.2) is 90.3 Å². The van der Waals surface area contributed by atoms with Gasteiger partial charge in [-0.25, -0.2) is 4.39 Å². The highest BCUT2D eigenvalue weighted by atomic mass is 19.1. The predicted molar refractivity (Wildman–Crippen MR) is 140 cm³/mol. The second-order valence-corrected chi connectivity index (χ2v) is 7.33. The molecule has 0 saturated heterocycles. The smallest absolute Gasteiger partial charge is 0.228 e. The minimum absolute atomic E-state index is 0. The summed E-state index contributed by atoms with van der Waals surface area (Å²) in [6, 6.07) is 5.87. The molecule has 5 nitrogen and oxygen atoms in total. The Labute approximate surface area is 199 Å². The van der Waals surface area contributed by atoms with Crippen LogP contribution in [-0.2, 0) is 4.79 Å². The number of aliphatic hydroxyl groups excluding tert-OH is 1. The van der Waals surface area contributed by atoms with Gasteiger partial charge >= 0.3 is 0 Å². The minimum Gasteiger partial charge on any atom is -0.512 e. The van der Waals surface area contributed by atoms with E-state index < -0.39 is 5.41 Å². The van der Waals surface area contributed by atoms with Crippen molar-refractivity contribution in [2.45, 2.75) is 47.1 Å². The van der Waals surface area contributed by atoms with Crippen molar-refractivity contribution in [1.29, 1.82) is 0 Å². The lowest BCUT2D eigenvalue weighted by molar-refractivity contribution is -0.130. The van der Waals surface area contributed by atoms with Crippen LogP contribution in [0.4, 0.5) is 4.39 Å². The molecule has 2 unspecified atom stereocenters. The normalized spacial score (nSPS) is 20.2. The maximum atomic E-state index is 13.1. The van der Waals surface area contributed by atoms with Crippen molar-refractivity contribution in [2.75, 3.05) is 7.05 Å². The van der Waals surface area contributed by atoms with E-state index >= 15 is 0 Å². The largest absolute Gasteiger partial charge is 0.512 e. The van der Waals surface area contributed by atoms with Gasteiger partial charge < -0.3 is 15.8 Å². The quantitative estimate of drug-likeness (QED) is 0.350. The first-order chi connectivity index (χ1) is 15.7. The van der Waals surface area contributed by atoms with Gasteiger partial charge in [0.25, 0.3) is 0 Å². The van der Waals surface area contributed by atoms with Gasteiger partial charge in [-0.15, -0.1) is 0 Å². The van der Waals surface area contributed by atoms with Crippen molar-refractivity contribution in [3.63, 3.8) is 0 Å². The second-order valence-electron chi connectivity index (χ2n) is 7.33. The fraction of sp³-hybridized carbons (Fsp3) is 0.333. The van der Waals surface area contributed by atoms with Gasteiger partial charge in [0.05, 0.1) is 22.9 Å². The number of carbonyl (C=O) groups excluding carboxylic acids is 1. The molecule has 3 N–H and O–H groups in total. The second kappa shape index (κ2) is 15.4. The first-order valence-electron chi connectivity index (χ1n) is 10.9. The van der Waals surface area contributed by atoms with Crippen molar-refractivity contribution < 1.29 is 15.7 Å². The van der Waals surface area contributed by atoms with Gasteiger partial charge in [-0.2, -0.15) is 5.10 Å². The van der Waals surface area contributed by atoms with Crippen molar-refractivity contribution >= 4 is 11.6 Å². The highest BCUT2D eigenvalue weighted by Crippen LogP contribution is 2.32. The number of hydrogen-bond acceptors (Lipinski definition) is 4. The first kappa shape index (κ1) is 29.6. The van der Waals surface area contributed by atoms with Crippen molar-refractivity contribution in [2.24, 2.45) is 10.5 Å². The Morgan fingerprint density at radius 2 is 1.82 bits per heavy atom. The summed E-state index contributed by atoms with van der Waals surface area (Å²) < 4.78 is 13.1. The lowest BCUT2D eigenvalue weighted by Crippen LogP contribution is -2.53. The number of carbonyl (C=O) groups is 1. The minimum atomic E-state index is -0.695. The zero-order valence-corrected chi connectivity index (χ0v) is 20.7. The zero-order valence-electron chi connectivity index (χ0n) is 20.7. The molecule has 0 fully saturated rings. The van der Waals surface area contributed by atoms with E-state index in [9.17, 15) is 9.18 Å². The van der Waals surface area contributed by atoms with Gasteiger partial charge in [0.1, 0.15) is 5.82 Å². The van der Waals surface area contributed by atoms with E-state index in [2.05, 4.69) is 29.0 Å². The van der Waals surface area contributed by atoms with Crippen molar-refractivity contribution in [3.8, 4) is 0 Å². The van der Waals surface area contributed by atoms with E-state index in [0.29, 0.717) is 12.2 Å². The number of nitrogens with zero attached hydrogens (tertiary/aromatic N) is 1. The molecule has 1 aromatic carbocycles. The average molecular weight is 458 g/mol. The Morgan fingerprint density at radius 3 is 2.30 bits per heavy atom. The summed E-state index contributed by atoms with van der Waals surface area (Å²) in [7, 11) is 1.62. The van der Waals surface area contributed by atoms with E-state index in [0.717, 1.165) is 16.8 Å². The molecule has 33 heavy (non-hydrogen) atoms. The molecule has 6 heteroatoms. The molecule has 0 aliphatic carbocycles. The van der Waals surface area contributed by atoms with Gasteiger partial charge in [0.15, 0.2) is 0 Å². The summed E-state index contributed by atoms with van der Waals surface area (Å²) in [5.41, 5.74) is 4.73. The SMILES string of the molecule is C=C/C=C\C(C)=C(/C)O.C=C/C=C\C1NN=C(c2ccc(F)cc2)CC1(C)C(=O)NC.CC.[HH].